The van der Waals surface area contributed by atoms with Crippen LogP contribution in [0, 0.1) is 0 Å². The van der Waals surface area contributed by atoms with Crippen LogP contribution in [0.5, 0.6) is 0 Å². The number of rotatable bonds is 0. The molecule has 1 aromatic rings. The number of carbonyl (C=O) groups is 1. The Morgan fingerprint density at radius 3 is 2.75 bits per heavy atom. The van der Waals surface area contributed by atoms with Crippen LogP contribution in [0.2, 0.25) is 0 Å². The number of aromatic nitrogens is 2. The summed E-state index contributed by atoms with van der Waals surface area (Å²) in [4.78, 5) is 10.2. The molecular weight excluding hydrogens is 128 g/mol. The normalized spacial score (nSPS) is 9.12. The maximum absolute atomic E-state index is 10.2. The van der Waals surface area contributed by atoms with Crippen LogP contribution in [0.1, 0.15) is 0 Å². The summed E-state index contributed by atoms with van der Waals surface area (Å²) < 4.78 is 1.04. The first-order chi connectivity index (χ1) is 3.80. The molecule has 0 saturated carbocycles. The van der Waals surface area contributed by atoms with E-state index in [2.05, 4.69) is 5.10 Å². The molecule has 0 aliphatic heterocycles. The van der Waals surface area contributed by atoms with E-state index in [4.69, 9.17) is 11.6 Å². The minimum atomic E-state index is -0.588. The van der Waals surface area contributed by atoms with Crippen LogP contribution in [-0.2, 0) is 0 Å². The standard InChI is InChI=1S/C4H3ClN2O/c5-4(8)7-3-1-2-6-7/h1-3H. The first kappa shape index (κ1) is 5.31. The van der Waals surface area contributed by atoms with Crippen molar-refractivity contribution in [1.82, 2.24) is 9.78 Å². The molecule has 4 heteroatoms. The molecule has 0 saturated heterocycles. The first-order valence-corrected chi connectivity index (χ1v) is 2.38. The average molecular weight is 131 g/mol. The zero-order valence-corrected chi connectivity index (χ0v) is 4.67. The highest BCUT2D eigenvalue weighted by molar-refractivity contribution is 6.63. The highest BCUT2D eigenvalue weighted by Gasteiger charge is 1.94. The predicted molar refractivity (Wildman–Crippen MR) is 28.9 cm³/mol. The van der Waals surface area contributed by atoms with Crippen molar-refractivity contribution in [3.05, 3.63) is 18.5 Å². The average Bonchev–Trinajstić information content (AvgIpc) is 2.12. The van der Waals surface area contributed by atoms with Gasteiger partial charge in [-0.15, -0.1) is 0 Å². The van der Waals surface area contributed by atoms with Crippen molar-refractivity contribution in [2.45, 2.75) is 0 Å². The van der Waals surface area contributed by atoms with Crippen molar-refractivity contribution in [2.75, 3.05) is 0 Å². The SMILES string of the molecule is O=C(Cl)n1cccn1. The van der Waals surface area contributed by atoms with E-state index in [1.165, 1.54) is 12.4 Å². The molecule has 0 aliphatic carbocycles. The summed E-state index contributed by atoms with van der Waals surface area (Å²) in [6.07, 6.45) is 2.97. The second kappa shape index (κ2) is 1.96. The number of carbonyl (C=O) groups excluding carboxylic acids is 1. The Kier molecular flexibility index (Phi) is 1.30. The molecule has 8 heavy (non-hydrogen) atoms. The molecule has 42 valence electrons. The van der Waals surface area contributed by atoms with Gasteiger partial charge in [0.1, 0.15) is 0 Å². The lowest BCUT2D eigenvalue weighted by molar-refractivity contribution is 0.258. The van der Waals surface area contributed by atoms with Gasteiger partial charge in [-0.1, -0.05) is 0 Å². The van der Waals surface area contributed by atoms with Gasteiger partial charge in [-0.3, -0.25) is 4.79 Å². The summed E-state index contributed by atoms with van der Waals surface area (Å²) in [6, 6.07) is 1.63. The van der Waals surface area contributed by atoms with Gasteiger partial charge in [0.2, 0.25) is 0 Å². The van der Waals surface area contributed by atoms with Gasteiger partial charge in [-0.25, -0.2) is 0 Å². The third-order valence-electron chi connectivity index (χ3n) is 0.685. The van der Waals surface area contributed by atoms with Crippen molar-refractivity contribution in [1.29, 1.82) is 0 Å². The zero-order chi connectivity index (χ0) is 5.98. The smallest absolute Gasteiger partial charge is 0.253 e. The summed E-state index contributed by atoms with van der Waals surface area (Å²) in [5, 5.41) is 2.96. The Hall–Kier alpha value is -0.830. The van der Waals surface area contributed by atoms with Gasteiger partial charge < -0.3 is 0 Å². The topological polar surface area (TPSA) is 34.9 Å². The minimum absolute atomic E-state index is 0.588. The molecule has 0 spiro atoms. The van der Waals surface area contributed by atoms with Crippen LogP contribution < -0.4 is 0 Å². The number of hydrogen-bond acceptors (Lipinski definition) is 2. The molecule has 0 N–H and O–H groups in total. The van der Waals surface area contributed by atoms with E-state index in [1.54, 1.807) is 6.07 Å². The van der Waals surface area contributed by atoms with Crippen molar-refractivity contribution in [2.24, 2.45) is 0 Å². The van der Waals surface area contributed by atoms with Gasteiger partial charge in [0.05, 0.1) is 0 Å². The van der Waals surface area contributed by atoms with Crippen LogP contribution in [0.15, 0.2) is 18.5 Å². The Bertz CT molecular complexity index is 182. The molecule has 0 fully saturated rings. The zero-order valence-electron chi connectivity index (χ0n) is 3.91. The van der Waals surface area contributed by atoms with Gasteiger partial charge in [-0.2, -0.15) is 9.78 Å². The number of halogens is 1. The second-order valence-electron chi connectivity index (χ2n) is 1.20. The van der Waals surface area contributed by atoms with Crippen molar-refractivity contribution in [3.63, 3.8) is 0 Å². The molecule has 3 nitrogen and oxygen atoms in total. The predicted octanol–water partition coefficient (Wildman–Crippen LogP) is 1.09. The van der Waals surface area contributed by atoms with Gasteiger partial charge in [0, 0.05) is 12.4 Å². The number of nitrogens with zero attached hydrogens (tertiary/aromatic N) is 2. The molecular formula is C4H3ClN2O. The molecule has 0 aliphatic rings. The van der Waals surface area contributed by atoms with Crippen LogP contribution in [0.25, 0.3) is 0 Å². The van der Waals surface area contributed by atoms with Crippen LogP contribution in [0.4, 0.5) is 4.79 Å². The Morgan fingerprint density at radius 1 is 1.75 bits per heavy atom. The monoisotopic (exact) mass is 130 g/mol. The van der Waals surface area contributed by atoms with Gasteiger partial charge >= 0.3 is 5.37 Å². The molecule has 1 heterocycles. The van der Waals surface area contributed by atoms with Crippen molar-refractivity contribution >= 4 is 17.0 Å². The van der Waals surface area contributed by atoms with Gasteiger partial charge in [0.15, 0.2) is 0 Å². The fraction of sp³-hybridized carbons (Fsp3) is 0. The van der Waals surface area contributed by atoms with E-state index in [9.17, 15) is 4.79 Å². The fourth-order valence-electron chi connectivity index (χ4n) is 0.373. The van der Waals surface area contributed by atoms with E-state index in [1.807, 2.05) is 0 Å². The van der Waals surface area contributed by atoms with Gasteiger partial charge in [-0.05, 0) is 17.7 Å². The van der Waals surface area contributed by atoms with E-state index >= 15 is 0 Å². The lowest BCUT2D eigenvalue weighted by Gasteiger charge is -1.84. The fourth-order valence-corrected chi connectivity index (χ4v) is 0.473. The first-order valence-electron chi connectivity index (χ1n) is 2.00. The summed E-state index contributed by atoms with van der Waals surface area (Å²) in [5.41, 5.74) is 0. The molecule has 0 bridgehead atoms. The lowest BCUT2D eigenvalue weighted by atomic mass is 10.8. The summed E-state index contributed by atoms with van der Waals surface area (Å²) in [6.45, 7) is 0. The molecule has 0 atom stereocenters. The van der Waals surface area contributed by atoms with Crippen LogP contribution in [0.3, 0.4) is 0 Å². The van der Waals surface area contributed by atoms with E-state index in [-0.39, 0.29) is 0 Å². The quantitative estimate of drug-likeness (QED) is 0.493. The highest BCUT2D eigenvalue weighted by atomic mass is 35.5. The molecule has 0 aromatic carbocycles. The Labute approximate surface area is 50.9 Å². The highest BCUT2D eigenvalue weighted by Crippen LogP contribution is 1.88. The van der Waals surface area contributed by atoms with E-state index in [0.29, 0.717) is 0 Å². The minimum Gasteiger partial charge on any atom is -0.253 e. The number of hydrogen-bond donors (Lipinski definition) is 0. The van der Waals surface area contributed by atoms with E-state index in [0.717, 1.165) is 4.68 Å². The summed E-state index contributed by atoms with van der Waals surface area (Å²) >= 11 is 5.01. The molecule has 1 rings (SSSR count). The Balaban J connectivity index is 2.93. The van der Waals surface area contributed by atoms with Crippen LogP contribution in [-0.4, -0.2) is 15.1 Å². The lowest BCUT2D eigenvalue weighted by Crippen LogP contribution is -2.00. The molecule has 0 amide bonds. The van der Waals surface area contributed by atoms with Crippen LogP contribution >= 0.6 is 11.6 Å². The summed E-state index contributed by atoms with van der Waals surface area (Å²) in [7, 11) is 0. The third kappa shape index (κ3) is 0.869. The second-order valence-corrected chi connectivity index (χ2v) is 1.53. The summed E-state index contributed by atoms with van der Waals surface area (Å²) in [5.74, 6) is 0. The van der Waals surface area contributed by atoms with E-state index < -0.39 is 5.37 Å². The third-order valence-corrected chi connectivity index (χ3v) is 0.858. The maximum atomic E-state index is 10.2. The maximum Gasteiger partial charge on any atom is 0.340 e. The van der Waals surface area contributed by atoms with Gasteiger partial charge in [0.25, 0.3) is 0 Å². The van der Waals surface area contributed by atoms with Crippen molar-refractivity contribution in [3.8, 4) is 0 Å². The molecule has 0 unspecified atom stereocenters. The van der Waals surface area contributed by atoms with Crippen molar-refractivity contribution < 1.29 is 4.79 Å². The molecule has 1 aromatic heterocycles. The molecule has 0 radical (unpaired) electrons. The Morgan fingerprint density at radius 2 is 2.50 bits per heavy atom. The largest absolute Gasteiger partial charge is 0.340 e.